The highest BCUT2D eigenvalue weighted by atomic mass is 35.5. The van der Waals surface area contributed by atoms with Gasteiger partial charge in [0.25, 0.3) is 0 Å². The van der Waals surface area contributed by atoms with Gasteiger partial charge in [-0.1, -0.05) is 29.3 Å². The van der Waals surface area contributed by atoms with Crippen molar-refractivity contribution in [1.82, 2.24) is 5.32 Å². The van der Waals surface area contributed by atoms with Gasteiger partial charge in [0, 0.05) is 10.0 Å². The van der Waals surface area contributed by atoms with E-state index in [2.05, 4.69) is 11.4 Å². The molecule has 2 rings (SSSR count). The quantitative estimate of drug-likeness (QED) is 0.899. The zero-order chi connectivity index (χ0) is 12.3. The third-order valence-electron chi connectivity index (χ3n) is 2.81. The Morgan fingerprint density at radius 3 is 2.76 bits per heavy atom. The van der Waals surface area contributed by atoms with Crippen LogP contribution >= 0.6 is 23.2 Å². The van der Waals surface area contributed by atoms with Crippen molar-refractivity contribution in [3.8, 4) is 0 Å². The molecule has 0 aliphatic carbocycles. The fourth-order valence-corrected chi connectivity index (χ4v) is 2.48. The smallest absolute Gasteiger partial charge is 0.113 e. The van der Waals surface area contributed by atoms with Gasteiger partial charge >= 0.3 is 0 Å². The first-order valence-corrected chi connectivity index (χ1v) is 6.43. The Kier molecular flexibility index (Phi) is 4.32. The van der Waals surface area contributed by atoms with E-state index in [1.807, 2.05) is 19.2 Å². The molecule has 0 bridgehead atoms. The van der Waals surface area contributed by atoms with Gasteiger partial charge in [-0.25, -0.2) is 0 Å². The lowest BCUT2D eigenvalue weighted by Crippen LogP contribution is -2.22. The largest absolute Gasteiger partial charge is 0.496 e. The number of ether oxygens (including phenoxy) is 1. The molecule has 0 amide bonds. The minimum absolute atomic E-state index is 0.0000617. The Hall–Kier alpha value is -0.700. The molecule has 1 aliphatic heterocycles. The number of halogens is 2. The summed E-state index contributed by atoms with van der Waals surface area (Å²) in [6.45, 7) is 0.773. The SMILES string of the molecule is CNC(C1=CCCCO1)c1ccc(Cl)cc1Cl. The molecule has 1 atom stereocenters. The van der Waals surface area contributed by atoms with Crippen LogP contribution in [0, 0.1) is 0 Å². The predicted octanol–water partition coefficient (Wildman–Crippen LogP) is 3.95. The van der Waals surface area contributed by atoms with E-state index in [9.17, 15) is 0 Å². The summed E-state index contributed by atoms with van der Waals surface area (Å²) in [4.78, 5) is 0. The fourth-order valence-electron chi connectivity index (χ4n) is 1.96. The average molecular weight is 272 g/mol. The summed E-state index contributed by atoms with van der Waals surface area (Å²) in [6.07, 6.45) is 4.25. The van der Waals surface area contributed by atoms with E-state index >= 15 is 0 Å². The number of hydrogen-bond donors (Lipinski definition) is 1. The lowest BCUT2D eigenvalue weighted by Gasteiger charge is -2.24. The average Bonchev–Trinajstić information content (AvgIpc) is 2.34. The van der Waals surface area contributed by atoms with E-state index in [1.165, 1.54) is 0 Å². The second kappa shape index (κ2) is 5.76. The summed E-state index contributed by atoms with van der Waals surface area (Å²) < 4.78 is 5.68. The first-order chi connectivity index (χ1) is 8.22. The summed E-state index contributed by atoms with van der Waals surface area (Å²) in [7, 11) is 1.90. The molecular formula is C13H15Cl2NO. The first kappa shape index (κ1) is 12.7. The summed E-state index contributed by atoms with van der Waals surface area (Å²) in [6, 6.07) is 5.54. The number of benzene rings is 1. The third kappa shape index (κ3) is 2.95. The minimum Gasteiger partial charge on any atom is -0.496 e. The normalized spacial score (nSPS) is 17.2. The Labute approximate surface area is 112 Å². The van der Waals surface area contributed by atoms with Gasteiger partial charge < -0.3 is 10.1 Å². The number of nitrogens with one attached hydrogen (secondary N) is 1. The van der Waals surface area contributed by atoms with Gasteiger partial charge in [-0.05, 0) is 43.7 Å². The first-order valence-electron chi connectivity index (χ1n) is 5.67. The fraction of sp³-hybridized carbons (Fsp3) is 0.385. The molecule has 1 unspecified atom stereocenters. The highest BCUT2D eigenvalue weighted by Gasteiger charge is 2.20. The van der Waals surface area contributed by atoms with E-state index in [-0.39, 0.29) is 6.04 Å². The Morgan fingerprint density at radius 1 is 1.35 bits per heavy atom. The summed E-state index contributed by atoms with van der Waals surface area (Å²) >= 11 is 12.1. The molecule has 0 aromatic heterocycles. The van der Waals surface area contributed by atoms with Crippen molar-refractivity contribution in [2.45, 2.75) is 18.9 Å². The molecule has 1 aliphatic rings. The zero-order valence-electron chi connectivity index (χ0n) is 9.67. The van der Waals surface area contributed by atoms with Crippen LogP contribution in [0.4, 0.5) is 0 Å². The number of rotatable bonds is 3. The van der Waals surface area contributed by atoms with Crippen LogP contribution < -0.4 is 5.32 Å². The van der Waals surface area contributed by atoms with Crippen molar-refractivity contribution in [2.24, 2.45) is 0 Å². The molecule has 0 spiro atoms. The molecule has 1 N–H and O–H groups in total. The highest BCUT2D eigenvalue weighted by molar-refractivity contribution is 6.35. The van der Waals surface area contributed by atoms with Crippen molar-refractivity contribution in [3.63, 3.8) is 0 Å². The van der Waals surface area contributed by atoms with Gasteiger partial charge in [0.2, 0.25) is 0 Å². The summed E-state index contributed by atoms with van der Waals surface area (Å²) in [5.74, 6) is 0.947. The molecule has 1 aromatic carbocycles. The van der Waals surface area contributed by atoms with E-state index in [0.29, 0.717) is 10.0 Å². The van der Waals surface area contributed by atoms with Crippen LogP contribution in [0.5, 0.6) is 0 Å². The van der Waals surface area contributed by atoms with Crippen molar-refractivity contribution < 1.29 is 4.74 Å². The van der Waals surface area contributed by atoms with E-state index in [1.54, 1.807) is 6.07 Å². The lowest BCUT2D eigenvalue weighted by molar-refractivity contribution is 0.169. The van der Waals surface area contributed by atoms with E-state index < -0.39 is 0 Å². The number of likely N-dealkylation sites (N-methyl/N-ethyl adjacent to an activating group) is 1. The van der Waals surface area contributed by atoms with Gasteiger partial charge in [-0.3, -0.25) is 0 Å². The van der Waals surface area contributed by atoms with Crippen molar-refractivity contribution in [2.75, 3.05) is 13.7 Å². The molecule has 4 heteroatoms. The van der Waals surface area contributed by atoms with Crippen molar-refractivity contribution >= 4 is 23.2 Å². The molecule has 0 saturated carbocycles. The van der Waals surface area contributed by atoms with Crippen LogP contribution in [0.25, 0.3) is 0 Å². The Bertz CT molecular complexity index is 431. The molecular weight excluding hydrogens is 257 g/mol. The summed E-state index contributed by atoms with van der Waals surface area (Å²) in [5.41, 5.74) is 0.992. The second-order valence-corrected chi connectivity index (χ2v) is 4.83. The molecule has 1 heterocycles. The van der Waals surface area contributed by atoms with Gasteiger partial charge in [-0.2, -0.15) is 0 Å². The van der Waals surface area contributed by atoms with Crippen LogP contribution in [-0.2, 0) is 4.74 Å². The lowest BCUT2D eigenvalue weighted by atomic mass is 10.0. The molecule has 0 fully saturated rings. The van der Waals surface area contributed by atoms with Gasteiger partial charge in [0.1, 0.15) is 5.76 Å². The molecule has 0 saturated heterocycles. The van der Waals surface area contributed by atoms with E-state index in [0.717, 1.165) is 30.8 Å². The molecule has 2 nitrogen and oxygen atoms in total. The van der Waals surface area contributed by atoms with Crippen molar-refractivity contribution in [3.05, 3.63) is 45.6 Å². The van der Waals surface area contributed by atoms with Crippen molar-refractivity contribution in [1.29, 1.82) is 0 Å². The Morgan fingerprint density at radius 2 is 2.18 bits per heavy atom. The number of hydrogen-bond acceptors (Lipinski definition) is 2. The summed E-state index contributed by atoms with van der Waals surface area (Å²) in [5, 5.41) is 4.53. The van der Waals surface area contributed by atoms with Crippen LogP contribution in [0.15, 0.2) is 30.0 Å². The molecule has 1 aromatic rings. The van der Waals surface area contributed by atoms with Gasteiger partial charge in [0.05, 0.1) is 12.6 Å². The Balaban J connectivity index is 2.31. The zero-order valence-corrected chi connectivity index (χ0v) is 11.2. The minimum atomic E-state index is 0.0000617. The third-order valence-corrected chi connectivity index (χ3v) is 3.37. The van der Waals surface area contributed by atoms with E-state index in [4.69, 9.17) is 27.9 Å². The maximum absolute atomic E-state index is 6.22. The van der Waals surface area contributed by atoms with Gasteiger partial charge in [-0.15, -0.1) is 0 Å². The maximum Gasteiger partial charge on any atom is 0.113 e. The van der Waals surface area contributed by atoms with Crippen LogP contribution in [0.2, 0.25) is 10.0 Å². The standard InChI is InChI=1S/C13H15Cl2NO/c1-16-13(12-4-2-3-7-17-12)10-6-5-9(14)8-11(10)15/h4-6,8,13,16H,2-3,7H2,1H3. The van der Waals surface area contributed by atoms with Crippen LogP contribution in [0.3, 0.4) is 0 Å². The monoisotopic (exact) mass is 271 g/mol. The molecule has 92 valence electrons. The number of allylic oxidation sites excluding steroid dienone is 1. The second-order valence-electron chi connectivity index (χ2n) is 3.98. The highest BCUT2D eigenvalue weighted by Crippen LogP contribution is 2.32. The van der Waals surface area contributed by atoms with Gasteiger partial charge in [0.15, 0.2) is 0 Å². The topological polar surface area (TPSA) is 21.3 Å². The van der Waals surface area contributed by atoms with Crippen LogP contribution in [-0.4, -0.2) is 13.7 Å². The molecule has 17 heavy (non-hydrogen) atoms. The molecule has 0 radical (unpaired) electrons. The predicted molar refractivity (Wildman–Crippen MR) is 71.5 cm³/mol. The van der Waals surface area contributed by atoms with Crippen LogP contribution in [0.1, 0.15) is 24.4 Å². The maximum atomic E-state index is 6.22.